The standard InChI is InChI=1S/C22H22ClN5OS/c1-13(2)21(29)26-16-9-8-14(12-15(16)23)28-20(18-7-5-11-25-18)19(27-22(28)30)17-6-3-4-10-24-17/h3-13,19-20,25H,1-2H3,(H,26,29)(H,27,30)/t19-,20-/m0/s1. The van der Waals surface area contributed by atoms with Gasteiger partial charge >= 0.3 is 0 Å². The molecule has 0 spiro atoms. The normalized spacial score (nSPS) is 18.5. The summed E-state index contributed by atoms with van der Waals surface area (Å²) in [5.74, 6) is -0.213. The lowest BCUT2D eigenvalue weighted by atomic mass is 10.0. The molecule has 4 rings (SSSR count). The first-order valence-electron chi connectivity index (χ1n) is 9.70. The molecule has 6 nitrogen and oxygen atoms in total. The van der Waals surface area contributed by atoms with Crippen LogP contribution in [0.4, 0.5) is 11.4 Å². The van der Waals surface area contributed by atoms with Gasteiger partial charge in [0, 0.05) is 29.7 Å². The minimum absolute atomic E-state index is 0.0810. The molecule has 8 heteroatoms. The highest BCUT2D eigenvalue weighted by molar-refractivity contribution is 7.80. The number of hydrogen-bond donors (Lipinski definition) is 3. The summed E-state index contributed by atoms with van der Waals surface area (Å²) < 4.78 is 0. The lowest BCUT2D eigenvalue weighted by Crippen LogP contribution is -2.29. The lowest BCUT2D eigenvalue weighted by Gasteiger charge is -2.27. The monoisotopic (exact) mass is 439 g/mol. The molecular formula is C22H22ClN5OS. The van der Waals surface area contributed by atoms with E-state index in [1.807, 2.05) is 67.4 Å². The third-order valence-corrected chi connectivity index (χ3v) is 5.68. The maximum Gasteiger partial charge on any atom is 0.226 e. The van der Waals surface area contributed by atoms with Crippen LogP contribution >= 0.6 is 23.8 Å². The van der Waals surface area contributed by atoms with Gasteiger partial charge in [-0.2, -0.15) is 0 Å². The van der Waals surface area contributed by atoms with Crippen molar-refractivity contribution in [2.24, 2.45) is 5.92 Å². The molecule has 2 aromatic heterocycles. The SMILES string of the molecule is CC(C)C(=O)Nc1ccc(N2C(=S)N[C@@H](c3ccccn3)[C@@H]2c2ccc[nH]2)cc1Cl. The molecule has 0 unspecified atom stereocenters. The Morgan fingerprint density at radius 3 is 2.70 bits per heavy atom. The van der Waals surface area contributed by atoms with Crippen LogP contribution in [0.5, 0.6) is 0 Å². The molecule has 3 aromatic rings. The van der Waals surface area contributed by atoms with E-state index >= 15 is 0 Å². The van der Waals surface area contributed by atoms with E-state index in [1.165, 1.54) is 0 Å². The van der Waals surface area contributed by atoms with E-state index in [2.05, 4.69) is 20.6 Å². The Bertz CT molecular complexity index is 1050. The predicted octanol–water partition coefficient (Wildman–Crippen LogP) is 4.83. The molecule has 0 aliphatic carbocycles. The first-order chi connectivity index (χ1) is 14.5. The third-order valence-electron chi connectivity index (χ3n) is 5.05. The molecule has 3 heterocycles. The number of anilines is 2. The van der Waals surface area contributed by atoms with Crippen LogP contribution in [0.3, 0.4) is 0 Å². The number of halogens is 1. The summed E-state index contributed by atoms with van der Waals surface area (Å²) >= 11 is 12.2. The number of nitrogens with zero attached hydrogens (tertiary/aromatic N) is 2. The van der Waals surface area contributed by atoms with Crippen molar-refractivity contribution >= 4 is 46.2 Å². The van der Waals surface area contributed by atoms with Gasteiger partial charge < -0.3 is 20.5 Å². The fourth-order valence-electron chi connectivity index (χ4n) is 3.51. The van der Waals surface area contributed by atoms with E-state index in [9.17, 15) is 4.79 Å². The fourth-order valence-corrected chi connectivity index (χ4v) is 4.08. The van der Waals surface area contributed by atoms with E-state index in [-0.39, 0.29) is 23.9 Å². The van der Waals surface area contributed by atoms with Crippen LogP contribution in [0, 0.1) is 5.92 Å². The van der Waals surface area contributed by atoms with Crippen molar-refractivity contribution in [2.45, 2.75) is 25.9 Å². The molecule has 0 bridgehead atoms. The van der Waals surface area contributed by atoms with Crippen molar-refractivity contribution in [3.8, 4) is 0 Å². The van der Waals surface area contributed by atoms with E-state index in [4.69, 9.17) is 23.8 Å². The van der Waals surface area contributed by atoms with Crippen LogP contribution in [0.25, 0.3) is 0 Å². The number of rotatable bonds is 5. The number of benzene rings is 1. The molecule has 30 heavy (non-hydrogen) atoms. The van der Waals surface area contributed by atoms with E-state index in [0.29, 0.717) is 15.8 Å². The van der Waals surface area contributed by atoms with Crippen LogP contribution in [0.1, 0.15) is 37.3 Å². The van der Waals surface area contributed by atoms with E-state index in [0.717, 1.165) is 17.1 Å². The fraction of sp³-hybridized carbons (Fsp3) is 0.227. The molecular weight excluding hydrogens is 418 g/mol. The number of carbonyl (C=O) groups is 1. The Kier molecular flexibility index (Phi) is 5.74. The Hall–Kier alpha value is -2.90. The Morgan fingerprint density at radius 1 is 1.23 bits per heavy atom. The Balaban J connectivity index is 1.71. The van der Waals surface area contributed by atoms with Gasteiger partial charge in [-0.05, 0) is 54.7 Å². The Labute approximate surface area is 185 Å². The van der Waals surface area contributed by atoms with Gasteiger partial charge in [0.2, 0.25) is 5.91 Å². The van der Waals surface area contributed by atoms with Crippen molar-refractivity contribution in [2.75, 3.05) is 10.2 Å². The quantitative estimate of drug-likeness (QED) is 0.496. The maximum atomic E-state index is 12.0. The zero-order chi connectivity index (χ0) is 21.3. The van der Waals surface area contributed by atoms with Gasteiger partial charge in [0.25, 0.3) is 0 Å². The second-order valence-corrected chi connectivity index (χ2v) is 8.22. The molecule has 1 saturated heterocycles. The molecule has 154 valence electrons. The molecule has 1 aliphatic heterocycles. The summed E-state index contributed by atoms with van der Waals surface area (Å²) in [4.78, 5) is 21.9. The van der Waals surface area contributed by atoms with Crippen LogP contribution < -0.4 is 15.5 Å². The largest absolute Gasteiger partial charge is 0.363 e. The lowest BCUT2D eigenvalue weighted by molar-refractivity contribution is -0.118. The number of aromatic nitrogens is 2. The summed E-state index contributed by atoms with van der Waals surface area (Å²) in [6.07, 6.45) is 3.67. The average Bonchev–Trinajstić information content (AvgIpc) is 3.37. The molecule has 1 amide bonds. The highest BCUT2D eigenvalue weighted by atomic mass is 35.5. The maximum absolute atomic E-state index is 12.0. The van der Waals surface area contributed by atoms with Gasteiger partial charge in [0.15, 0.2) is 5.11 Å². The average molecular weight is 440 g/mol. The first kappa shape index (κ1) is 20.4. The van der Waals surface area contributed by atoms with Crippen molar-refractivity contribution < 1.29 is 4.79 Å². The van der Waals surface area contributed by atoms with Crippen LogP contribution in [0.2, 0.25) is 5.02 Å². The van der Waals surface area contributed by atoms with Gasteiger partial charge in [-0.25, -0.2) is 0 Å². The van der Waals surface area contributed by atoms with Crippen LogP contribution in [-0.2, 0) is 4.79 Å². The summed E-state index contributed by atoms with van der Waals surface area (Å²) in [5, 5.41) is 7.30. The number of thiocarbonyl (C=S) groups is 1. The number of pyridine rings is 1. The summed E-state index contributed by atoms with van der Waals surface area (Å²) in [6.45, 7) is 3.68. The second kappa shape index (κ2) is 8.45. The van der Waals surface area contributed by atoms with E-state index < -0.39 is 0 Å². The second-order valence-electron chi connectivity index (χ2n) is 7.43. The van der Waals surface area contributed by atoms with Gasteiger partial charge in [-0.3, -0.25) is 9.78 Å². The van der Waals surface area contributed by atoms with Gasteiger partial charge in [0.1, 0.15) is 6.04 Å². The van der Waals surface area contributed by atoms with Crippen molar-refractivity contribution in [1.82, 2.24) is 15.3 Å². The van der Waals surface area contributed by atoms with Gasteiger partial charge in [-0.15, -0.1) is 0 Å². The molecule has 1 aliphatic rings. The molecule has 2 atom stereocenters. The Morgan fingerprint density at radius 2 is 2.07 bits per heavy atom. The highest BCUT2D eigenvalue weighted by Crippen LogP contribution is 2.42. The number of aromatic amines is 1. The molecule has 0 radical (unpaired) electrons. The van der Waals surface area contributed by atoms with Crippen molar-refractivity contribution in [1.29, 1.82) is 0 Å². The molecule has 0 saturated carbocycles. The van der Waals surface area contributed by atoms with E-state index in [1.54, 1.807) is 12.3 Å². The molecule has 1 fully saturated rings. The predicted molar refractivity (Wildman–Crippen MR) is 124 cm³/mol. The molecule has 1 aromatic carbocycles. The van der Waals surface area contributed by atoms with Crippen LogP contribution in [-0.4, -0.2) is 21.0 Å². The molecule has 3 N–H and O–H groups in total. The van der Waals surface area contributed by atoms with Gasteiger partial charge in [-0.1, -0.05) is 31.5 Å². The minimum Gasteiger partial charge on any atom is -0.363 e. The van der Waals surface area contributed by atoms with Crippen molar-refractivity contribution in [3.05, 3.63) is 77.3 Å². The summed E-state index contributed by atoms with van der Waals surface area (Å²) in [7, 11) is 0. The number of carbonyl (C=O) groups excluding carboxylic acids is 1. The number of H-pyrrole nitrogens is 1. The topological polar surface area (TPSA) is 73.1 Å². The van der Waals surface area contributed by atoms with Gasteiger partial charge in [0.05, 0.1) is 22.4 Å². The zero-order valence-electron chi connectivity index (χ0n) is 16.6. The minimum atomic E-state index is -0.132. The number of nitrogens with one attached hydrogen (secondary N) is 3. The number of hydrogen-bond acceptors (Lipinski definition) is 3. The van der Waals surface area contributed by atoms with Crippen molar-refractivity contribution in [3.63, 3.8) is 0 Å². The third kappa shape index (κ3) is 3.91. The number of amides is 1. The zero-order valence-corrected chi connectivity index (χ0v) is 18.2. The highest BCUT2D eigenvalue weighted by Gasteiger charge is 2.41. The summed E-state index contributed by atoms with van der Waals surface area (Å²) in [5.41, 5.74) is 3.31. The van der Waals surface area contributed by atoms with Crippen LogP contribution in [0.15, 0.2) is 60.9 Å². The summed E-state index contributed by atoms with van der Waals surface area (Å²) in [6, 6.07) is 15.1. The smallest absolute Gasteiger partial charge is 0.226 e. The first-order valence-corrected chi connectivity index (χ1v) is 10.5.